The monoisotopic (exact) mass is 370 g/mol. The molecule has 0 unspecified atom stereocenters. The average Bonchev–Trinajstić information content (AvgIpc) is 3.25. The maximum absolute atomic E-state index is 12.4. The number of carbonyl (C=O) groups excluding carboxylic acids is 1. The maximum Gasteiger partial charge on any atom is 0.231 e. The lowest BCUT2D eigenvalue weighted by Gasteiger charge is -2.11. The van der Waals surface area contributed by atoms with Crippen molar-refractivity contribution in [3.05, 3.63) is 47.6 Å². The Hall–Kier alpha value is -2.67. The fraction of sp³-hybridized carbons (Fsp3) is 0.316. The van der Waals surface area contributed by atoms with Crippen molar-refractivity contribution in [3.8, 4) is 16.3 Å². The van der Waals surface area contributed by atoms with Gasteiger partial charge in [0.2, 0.25) is 5.91 Å². The third-order valence-corrected chi connectivity index (χ3v) is 4.66. The Morgan fingerprint density at radius 3 is 2.88 bits per heavy atom. The number of benzene rings is 1. The number of anilines is 1. The second-order valence-corrected chi connectivity index (χ2v) is 6.91. The number of carbonyl (C=O) groups is 1. The number of nitrogens with zero attached hydrogens (tertiary/aromatic N) is 3. The third-order valence-electron chi connectivity index (χ3n) is 3.74. The van der Waals surface area contributed by atoms with Crippen molar-refractivity contribution in [2.24, 2.45) is 0 Å². The highest BCUT2D eigenvalue weighted by molar-refractivity contribution is 7.13. The second-order valence-electron chi connectivity index (χ2n) is 6.05. The summed E-state index contributed by atoms with van der Waals surface area (Å²) in [5.41, 5.74) is 1.69. The summed E-state index contributed by atoms with van der Waals surface area (Å²) in [6.07, 6.45) is 1.90. The molecule has 0 saturated heterocycles. The fourth-order valence-electron chi connectivity index (χ4n) is 2.61. The van der Waals surface area contributed by atoms with Crippen LogP contribution in [-0.4, -0.2) is 27.3 Å². The Kier molecular flexibility index (Phi) is 5.68. The first-order chi connectivity index (χ1) is 12.6. The average molecular weight is 370 g/mol. The fourth-order valence-corrected chi connectivity index (χ4v) is 3.46. The molecule has 0 aliphatic heterocycles. The largest absolute Gasteiger partial charge is 0.493 e. The Labute approximate surface area is 156 Å². The van der Waals surface area contributed by atoms with Gasteiger partial charge in [-0.2, -0.15) is 5.10 Å². The van der Waals surface area contributed by atoms with E-state index in [0.717, 1.165) is 22.0 Å². The van der Waals surface area contributed by atoms with Gasteiger partial charge in [-0.15, -0.1) is 11.3 Å². The normalized spacial score (nSPS) is 10.9. The standard InChI is InChI=1S/C19H22N4O2S/c1-4-25-16-8-6-5-7-15(16)19-21-14(12-26-19)11-18(24)22-17-9-10-20-23(17)13(2)3/h5-10,12-13H,4,11H2,1-3H3,(H,22,24). The highest BCUT2D eigenvalue weighted by Gasteiger charge is 2.14. The third kappa shape index (κ3) is 4.11. The van der Waals surface area contributed by atoms with E-state index >= 15 is 0 Å². The minimum absolute atomic E-state index is 0.109. The van der Waals surface area contributed by atoms with Crippen LogP contribution >= 0.6 is 11.3 Å². The summed E-state index contributed by atoms with van der Waals surface area (Å²) in [7, 11) is 0. The van der Waals surface area contributed by atoms with Crippen LogP contribution in [0.15, 0.2) is 41.9 Å². The van der Waals surface area contributed by atoms with Crippen molar-refractivity contribution in [3.63, 3.8) is 0 Å². The number of nitrogens with one attached hydrogen (secondary N) is 1. The zero-order valence-electron chi connectivity index (χ0n) is 15.1. The molecule has 26 heavy (non-hydrogen) atoms. The van der Waals surface area contributed by atoms with E-state index in [0.29, 0.717) is 12.4 Å². The van der Waals surface area contributed by atoms with E-state index in [9.17, 15) is 4.79 Å². The molecule has 0 spiro atoms. The SMILES string of the molecule is CCOc1ccccc1-c1nc(CC(=O)Nc2ccnn2C(C)C)cs1. The summed E-state index contributed by atoms with van der Waals surface area (Å²) in [5.74, 6) is 1.39. The summed E-state index contributed by atoms with van der Waals surface area (Å²) in [5, 5.41) is 9.89. The molecular formula is C19H22N4O2S. The molecule has 0 radical (unpaired) electrons. The van der Waals surface area contributed by atoms with E-state index in [1.807, 2.05) is 50.4 Å². The van der Waals surface area contributed by atoms with Crippen LogP contribution in [0.4, 0.5) is 5.82 Å². The number of para-hydroxylation sites is 1. The van der Waals surface area contributed by atoms with Gasteiger partial charge in [0, 0.05) is 17.5 Å². The van der Waals surface area contributed by atoms with E-state index in [-0.39, 0.29) is 18.4 Å². The Morgan fingerprint density at radius 2 is 2.12 bits per heavy atom. The molecule has 3 aromatic rings. The molecule has 2 heterocycles. The van der Waals surface area contributed by atoms with Crippen LogP contribution in [0.1, 0.15) is 32.5 Å². The lowest BCUT2D eigenvalue weighted by atomic mass is 10.2. The van der Waals surface area contributed by atoms with Gasteiger partial charge in [0.1, 0.15) is 16.6 Å². The molecule has 1 N–H and O–H groups in total. The van der Waals surface area contributed by atoms with Gasteiger partial charge in [-0.25, -0.2) is 9.67 Å². The molecule has 0 saturated carbocycles. The molecule has 0 aliphatic carbocycles. The zero-order chi connectivity index (χ0) is 18.5. The molecular weight excluding hydrogens is 348 g/mol. The first-order valence-electron chi connectivity index (χ1n) is 8.58. The van der Waals surface area contributed by atoms with Gasteiger partial charge in [-0.1, -0.05) is 12.1 Å². The molecule has 1 amide bonds. The zero-order valence-corrected chi connectivity index (χ0v) is 15.9. The van der Waals surface area contributed by atoms with Crippen molar-refractivity contribution in [2.45, 2.75) is 33.2 Å². The summed E-state index contributed by atoms with van der Waals surface area (Å²) in [6, 6.07) is 9.78. The Morgan fingerprint density at radius 1 is 1.31 bits per heavy atom. The molecule has 0 aliphatic rings. The van der Waals surface area contributed by atoms with Crippen molar-refractivity contribution in [2.75, 3.05) is 11.9 Å². The number of rotatable bonds is 7. The predicted molar refractivity (Wildman–Crippen MR) is 104 cm³/mol. The quantitative estimate of drug-likeness (QED) is 0.678. The number of hydrogen-bond acceptors (Lipinski definition) is 5. The molecule has 0 atom stereocenters. The Bertz CT molecular complexity index is 885. The summed E-state index contributed by atoms with van der Waals surface area (Å²) >= 11 is 1.51. The van der Waals surface area contributed by atoms with Gasteiger partial charge >= 0.3 is 0 Å². The molecule has 136 valence electrons. The predicted octanol–water partition coefficient (Wildman–Crippen LogP) is 4.17. The van der Waals surface area contributed by atoms with E-state index in [2.05, 4.69) is 15.4 Å². The van der Waals surface area contributed by atoms with E-state index in [1.165, 1.54) is 11.3 Å². The molecule has 1 aromatic carbocycles. The van der Waals surface area contributed by atoms with Gasteiger partial charge in [0.15, 0.2) is 0 Å². The number of thiazole rings is 1. The number of ether oxygens (including phenoxy) is 1. The van der Waals surface area contributed by atoms with Gasteiger partial charge in [-0.05, 0) is 32.9 Å². The van der Waals surface area contributed by atoms with Crippen LogP contribution in [0.25, 0.3) is 10.6 Å². The van der Waals surface area contributed by atoms with Crippen molar-refractivity contribution in [1.82, 2.24) is 14.8 Å². The van der Waals surface area contributed by atoms with Gasteiger partial charge in [-0.3, -0.25) is 4.79 Å². The van der Waals surface area contributed by atoms with E-state index in [4.69, 9.17) is 4.74 Å². The summed E-state index contributed by atoms with van der Waals surface area (Å²) < 4.78 is 7.45. The lowest BCUT2D eigenvalue weighted by molar-refractivity contribution is -0.115. The molecule has 0 fully saturated rings. The second kappa shape index (κ2) is 8.14. The van der Waals surface area contributed by atoms with Crippen molar-refractivity contribution < 1.29 is 9.53 Å². The number of amides is 1. The van der Waals surface area contributed by atoms with Crippen LogP contribution in [-0.2, 0) is 11.2 Å². The first-order valence-corrected chi connectivity index (χ1v) is 9.46. The molecule has 6 nitrogen and oxygen atoms in total. The molecule has 7 heteroatoms. The van der Waals surface area contributed by atoms with Crippen molar-refractivity contribution >= 4 is 23.1 Å². The molecule has 3 rings (SSSR count). The molecule has 2 aromatic heterocycles. The van der Waals surface area contributed by atoms with Crippen LogP contribution in [0.5, 0.6) is 5.75 Å². The van der Waals surface area contributed by atoms with Crippen LogP contribution in [0, 0.1) is 0 Å². The minimum Gasteiger partial charge on any atom is -0.493 e. The smallest absolute Gasteiger partial charge is 0.231 e. The lowest BCUT2D eigenvalue weighted by Crippen LogP contribution is -2.18. The van der Waals surface area contributed by atoms with E-state index in [1.54, 1.807) is 16.9 Å². The van der Waals surface area contributed by atoms with Gasteiger partial charge in [0.25, 0.3) is 0 Å². The summed E-state index contributed by atoms with van der Waals surface area (Å²) in [4.78, 5) is 17.0. The minimum atomic E-state index is -0.109. The topological polar surface area (TPSA) is 69.0 Å². The molecule has 0 bridgehead atoms. The van der Waals surface area contributed by atoms with Gasteiger partial charge < -0.3 is 10.1 Å². The Balaban J connectivity index is 1.71. The van der Waals surface area contributed by atoms with Crippen LogP contribution in [0.2, 0.25) is 0 Å². The highest BCUT2D eigenvalue weighted by Crippen LogP contribution is 2.32. The summed E-state index contributed by atoms with van der Waals surface area (Å²) in [6.45, 7) is 6.59. The highest BCUT2D eigenvalue weighted by atomic mass is 32.1. The first kappa shape index (κ1) is 18.1. The maximum atomic E-state index is 12.4. The van der Waals surface area contributed by atoms with Crippen LogP contribution < -0.4 is 10.1 Å². The van der Waals surface area contributed by atoms with Gasteiger partial charge in [0.05, 0.1) is 30.5 Å². The van der Waals surface area contributed by atoms with Crippen molar-refractivity contribution in [1.29, 1.82) is 0 Å². The van der Waals surface area contributed by atoms with E-state index < -0.39 is 0 Å². The number of hydrogen-bond donors (Lipinski definition) is 1. The number of aromatic nitrogens is 3. The van der Waals surface area contributed by atoms with Crippen LogP contribution in [0.3, 0.4) is 0 Å².